The van der Waals surface area contributed by atoms with E-state index < -0.39 is 17.5 Å². The highest BCUT2D eigenvalue weighted by Crippen LogP contribution is 2.21. The maximum Gasteiger partial charge on any atom is 0.256 e. The van der Waals surface area contributed by atoms with E-state index in [1.54, 1.807) is 0 Å². The van der Waals surface area contributed by atoms with Crippen LogP contribution < -0.4 is 10.6 Å². The van der Waals surface area contributed by atoms with Crippen LogP contribution in [0.3, 0.4) is 0 Å². The van der Waals surface area contributed by atoms with Gasteiger partial charge in [0, 0.05) is 11.3 Å². The highest BCUT2D eigenvalue weighted by atomic mass is 35.5. The van der Waals surface area contributed by atoms with Gasteiger partial charge in [-0.2, -0.15) is 0 Å². The lowest BCUT2D eigenvalue weighted by atomic mass is 10.2. The van der Waals surface area contributed by atoms with E-state index in [0.29, 0.717) is 0 Å². The Morgan fingerprint density at radius 1 is 1.11 bits per heavy atom. The number of amidine groups is 1. The molecule has 3 aromatic rings. The van der Waals surface area contributed by atoms with E-state index in [0.717, 1.165) is 18.2 Å². The molecule has 27 heavy (non-hydrogen) atoms. The van der Waals surface area contributed by atoms with Gasteiger partial charge in [0.05, 0.1) is 5.02 Å². The summed E-state index contributed by atoms with van der Waals surface area (Å²) in [6.07, 6.45) is 0. The second-order valence-electron chi connectivity index (χ2n) is 5.12. The summed E-state index contributed by atoms with van der Waals surface area (Å²) in [5.41, 5.74) is 0.313. The number of anilines is 2. The summed E-state index contributed by atoms with van der Waals surface area (Å²) in [5.74, 6) is -2.13. The van der Waals surface area contributed by atoms with Gasteiger partial charge < -0.3 is 15.8 Å². The van der Waals surface area contributed by atoms with Crippen LogP contribution in [0.4, 0.5) is 20.3 Å². The van der Waals surface area contributed by atoms with Gasteiger partial charge in [0.1, 0.15) is 11.6 Å². The molecule has 138 valence electrons. The highest BCUT2D eigenvalue weighted by Gasteiger charge is 2.20. The van der Waals surface area contributed by atoms with Gasteiger partial charge in [-0.3, -0.25) is 4.79 Å². The Bertz CT molecular complexity index is 1010. The van der Waals surface area contributed by atoms with Crippen molar-refractivity contribution in [3.8, 4) is 0 Å². The van der Waals surface area contributed by atoms with Crippen LogP contribution >= 0.6 is 11.6 Å². The molecule has 0 aliphatic heterocycles. The Hall–Kier alpha value is -3.53. The molecule has 8 nitrogen and oxygen atoms in total. The molecule has 0 radical (unpaired) electrons. The Kier molecular flexibility index (Phi) is 5.27. The molecule has 3 N–H and O–H groups in total. The SMILES string of the molecule is O=C(Nc1nonc1/C(=N/O)Nc1ccc(F)c(Cl)c1)c1ccc(F)cc1. The molecule has 3 rings (SSSR count). The summed E-state index contributed by atoms with van der Waals surface area (Å²) < 4.78 is 30.8. The Balaban J connectivity index is 1.80. The van der Waals surface area contributed by atoms with E-state index in [-0.39, 0.29) is 33.6 Å². The summed E-state index contributed by atoms with van der Waals surface area (Å²) in [5, 5.41) is 24.3. The number of nitrogens with zero attached hydrogens (tertiary/aromatic N) is 3. The number of aromatic nitrogens is 2. The number of hydrogen-bond donors (Lipinski definition) is 3. The minimum atomic E-state index is -0.625. The summed E-state index contributed by atoms with van der Waals surface area (Å²) in [6, 6.07) is 8.50. The molecule has 11 heteroatoms. The van der Waals surface area contributed by atoms with Gasteiger partial charge in [0.25, 0.3) is 5.91 Å². The van der Waals surface area contributed by atoms with Crippen molar-refractivity contribution in [1.29, 1.82) is 0 Å². The summed E-state index contributed by atoms with van der Waals surface area (Å²) in [4.78, 5) is 12.2. The van der Waals surface area contributed by atoms with Gasteiger partial charge in [-0.15, -0.1) is 0 Å². The fourth-order valence-corrected chi connectivity index (χ4v) is 2.23. The number of amides is 1. The first kappa shape index (κ1) is 18.3. The fourth-order valence-electron chi connectivity index (χ4n) is 2.05. The van der Waals surface area contributed by atoms with Gasteiger partial charge in [0.2, 0.25) is 11.7 Å². The predicted octanol–water partition coefficient (Wildman–Crippen LogP) is 3.50. The summed E-state index contributed by atoms with van der Waals surface area (Å²) >= 11 is 5.70. The first-order chi connectivity index (χ1) is 13.0. The number of carbonyl (C=O) groups is 1. The zero-order valence-corrected chi connectivity index (χ0v) is 14.0. The van der Waals surface area contributed by atoms with Gasteiger partial charge in [-0.1, -0.05) is 16.8 Å². The van der Waals surface area contributed by atoms with Crippen LogP contribution in [0, 0.1) is 11.6 Å². The smallest absolute Gasteiger partial charge is 0.256 e. The third kappa shape index (κ3) is 4.18. The van der Waals surface area contributed by atoms with Crippen LogP contribution in [0.25, 0.3) is 0 Å². The summed E-state index contributed by atoms with van der Waals surface area (Å²) in [6.45, 7) is 0. The van der Waals surface area contributed by atoms with Gasteiger partial charge in [-0.05, 0) is 52.8 Å². The van der Waals surface area contributed by atoms with Crippen molar-refractivity contribution in [3.05, 3.63) is 70.4 Å². The van der Waals surface area contributed by atoms with Crippen molar-refractivity contribution < 1.29 is 23.4 Å². The molecule has 0 saturated heterocycles. The third-order valence-corrected chi connectivity index (χ3v) is 3.62. The van der Waals surface area contributed by atoms with E-state index in [9.17, 15) is 18.8 Å². The molecular weight excluding hydrogens is 384 g/mol. The lowest BCUT2D eigenvalue weighted by Gasteiger charge is -2.08. The number of rotatable bonds is 4. The number of benzene rings is 2. The Morgan fingerprint density at radius 2 is 1.85 bits per heavy atom. The Labute approximate surface area is 155 Å². The highest BCUT2D eigenvalue weighted by molar-refractivity contribution is 6.31. The molecule has 0 fully saturated rings. The van der Waals surface area contributed by atoms with E-state index in [2.05, 4.69) is 30.7 Å². The zero-order valence-electron chi connectivity index (χ0n) is 13.3. The normalized spacial score (nSPS) is 11.3. The monoisotopic (exact) mass is 393 g/mol. The molecule has 0 saturated carbocycles. The first-order valence-corrected chi connectivity index (χ1v) is 7.69. The van der Waals surface area contributed by atoms with Crippen LogP contribution in [0.15, 0.2) is 52.2 Å². The minimum absolute atomic E-state index is 0.131. The largest absolute Gasteiger partial charge is 0.409 e. The Morgan fingerprint density at radius 3 is 2.52 bits per heavy atom. The lowest BCUT2D eigenvalue weighted by molar-refractivity contribution is 0.102. The molecule has 0 aliphatic carbocycles. The lowest BCUT2D eigenvalue weighted by Crippen LogP contribution is -2.19. The molecule has 0 aliphatic rings. The maximum atomic E-state index is 13.2. The van der Waals surface area contributed by atoms with E-state index >= 15 is 0 Å². The van der Waals surface area contributed by atoms with Crippen LogP contribution in [-0.2, 0) is 0 Å². The first-order valence-electron chi connectivity index (χ1n) is 7.32. The van der Waals surface area contributed by atoms with Crippen LogP contribution in [0.1, 0.15) is 16.1 Å². The average molecular weight is 394 g/mol. The van der Waals surface area contributed by atoms with Crippen LogP contribution in [0.5, 0.6) is 0 Å². The van der Waals surface area contributed by atoms with E-state index in [1.165, 1.54) is 24.3 Å². The third-order valence-electron chi connectivity index (χ3n) is 3.33. The number of oxime groups is 1. The molecule has 2 aromatic carbocycles. The maximum absolute atomic E-state index is 13.2. The van der Waals surface area contributed by atoms with E-state index in [4.69, 9.17) is 11.6 Å². The molecule has 0 unspecified atom stereocenters. The topological polar surface area (TPSA) is 113 Å². The molecule has 1 heterocycles. The van der Waals surface area contributed by atoms with Gasteiger partial charge in [0.15, 0.2) is 5.69 Å². The van der Waals surface area contributed by atoms with Crippen LogP contribution in [-0.4, -0.2) is 27.3 Å². The van der Waals surface area contributed by atoms with Crippen LogP contribution in [0.2, 0.25) is 5.02 Å². The molecule has 1 aromatic heterocycles. The van der Waals surface area contributed by atoms with Crippen molar-refractivity contribution in [2.24, 2.45) is 5.16 Å². The number of carbonyl (C=O) groups excluding carboxylic acids is 1. The summed E-state index contributed by atoms with van der Waals surface area (Å²) in [7, 11) is 0. The molecule has 0 spiro atoms. The van der Waals surface area contributed by atoms with Crippen molar-refractivity contribution in [1.82, 2.24) is 10.3 Å². The predicted molar refractivity (Wildman–Crippen MR) is 92.0 cm³/mol. The minimum Gasteiger partial charge on any atom is -0.409 e. The number of hydrogen-bond acceptors (Lipinski definition) is 6. The zero-order chi connectivity index (χ0) is 19.4. The molecule has 0 bridgehead atoms. The van der Waals surface area contributed by atoms with Crippen molar-refractivity contribution >= 4 is 34.8 Å². The molecule has 1 amide bonds. The number of nitrogens with one attached hydrogen (secondary N) is 2. The van der Waals surface area contributed by atoms with Crippen molar-refractivity contribution in [2.45, 2.75) is 0 Å². The van der Waals surface area contributed by atoms with Gasteiger partial charge >= 0.3 is 0 Å². The van der Waals surface area contributed by atoms with E-state index in [1.807, 2.05) is 0 Å². The van der Waals surface area contributed by atoms with Crippen molar-refractivity contribution in [2.75, 3.05) is 10.6 Å². The molecular formula is C16H10ClF2N5O3. The average Bonchev–Trinajstić information content (AvgIpc) is 3.11. The standard InChI is InChI=1S/C16H10ClF2N5O3/c17-11-7-10(5-6-12(11)19)20-14(22-26)13-15(24-27-23-13)21-16(25)8-1-3-9(18)4-2-8/h1-7,26H,(H,20,22)(H,21,24,25). The van der Waals surface area contributed by atoms with Crippen molar-refractivity contribution in [3.63, 3.8) is 0 Å². The number of halogens is 3. The second kappa shape index (κ2) is 7.79. The second-order valence-corrected chi connectivity index (χ2v) is 5.53. The molecule has 0 atom stereocenters. The van der Waals surface area contributed by atoms with Gasteiger partial charge in [-0.25, -0.2) is 13.4 Å². The quantitative estimate of drug-likeness (QED) is 0.270. The fraction of sp³-hybridized carbons (Fsp3) is 0.